The molecule has 1 saturated heterocycles. The minimum atomic E-state index is -3.39. The maximum absolute atomic E-state index is 12.9. The summed E-state index contributed by atoms with van der Waals surface area (Å²) in [6.07, 6.45) is 3.71. The quantitative estimate of drug-likeness (QED) is 0.819. The molecule has 132 valence electrons. The summed E-state index contributed by atoms with van der Waals surface area (Å²) in [4.78, 5) is 16.8. The first-order valence-corrected chi connectivity index (χ1v) is 10.6. The molecule has 1 aromatic rings. The molecule has 0 radical (unpaired) electrons. The summed E-state index contributed by atoms with van der Waals surface area (Å²) >= 11 is 6.27. The molecule has 0 unspecified atom stereocenters. The highest BCUT2D eigenvalue weighted by atomic mass is 35.5. The third kappa shape index (κ3) is 3.02. The van der Waals surface area contributed by atoms with Gasteiger partial charge in [-0.15, -0.1) is 0 Å². The normalized spacial score (nSPS) is 21.1. The van der Waals surface area contributed by atoms with E-state index in [0.717, 1.165) is 25.1 Å². The van der Waals surface area contributed by atoms with Gasteiger partial charge >= 0.3 is 0 Å². The van der Waals surface area contributed by atoms with E-state index in [0.29, 0.717) is 37.5 Å². The Hall–Kier alpha value is -1.27. The van der Waals surface area contributed by atoms with Gasteiger partial charge in [0.15, 0.2) is 14.6 Å². The Bertz CT molecular complexity index is 731. The van der Waals surface area contributed by atoms with Crippen LogP contribution in [-0.2, 0) is 14.6 Å². The first-order chi connectivity index (χ1) is 11.3. The average molecular weight is 371 g/mol. The van der Waals surface area contributed by atoms with Gasteiger partial charge in [0.1, 0.15) is 0 Å². The van der Waals surface area contributed by atoms with Gasteiger partial charge in [-0.3, -0.25) is 4.79 Å². The van der Waals surface area contributed by atoms with Gasteiger partial charge < -0.3 is 9.80 Å². The summed E-state index contributed by atoms with van der Waals surface area (Å²) in [5.41, 5.74) is 0.968. The molecule has 2 aliphatic rings. The number of anilines is 1. The lowest BCUT2D eigenvalue weighted by atomic mass is 9.83. The Labute approximate surface area is 148 Å². The van der Waals surface area contributed by atoms with Gasteiger partial charge in [0.25, 0.3) is 0 Å². The van der Waals surface area contributed by atoms with Crippen molar-refractivity contribution in [3.63, 3.8) is 0 Å². The fourth-order valence-corrected chi connectivity index (χ4v) is 5.33. The van der Waals surface area contributed by atoms with Gasteiger partial charge in [-0.2, -0.15) is 0 Å². The van der Waals surface area contributed by atoms with Crippen molar-refractivity contribution in [2.75, 3.05) is 37.3 Å². The van der Waals surface area contributed by atoms with Crippen molar-refractivity contribution in [2.45, 2.75) is 30.4 Å². The van der Waals surface area contributed by atoms with Crippen molar-refractivity contribution in [3.05, 3.63) is 29.3 Å². The summed E-state index contributed by atoms with van der Waals surface area (Å²) in [6.45, 7) is 2.59. The third-order valence-electron chi connectivity index (χ3n) is 5.24. The zero-order valence-corrected chi connectivity index (χ0v) is 15.4. The van der Waals surface area contributed by atoms with Crippen LogP contribution in [0.1, 0.15) is 25.7 Å². The van der Waals surface area contributed by atoms with Crippen molar-refractivity contribution >= 4 is 33.0 Å². The Balaban J connectivity index is 1.74. The lowest BCUT2D eigenvalue weighted by Gasteiger charge is -2.41. The van der Waals surface area contributed by atoms with Crippen LogP contribution in [-0.4, -0.2) is 56.4 Å². The van der Waals surface area contributed by atoms with Crippen LogP contribution in [0.3, 0.4) is 0 Å². The Morgan fingerprint density at radius 3 is 2.38 bits per heavy atom. The monoisotopic (exact) mass is 370 g/mol. The maximum atomic E-state index is 12.9. The molecule has 1 aliphatic heterocycles. The molecule has 0 N–H and O–H groups in total. The van der Waals surface area contributed by atoms with Gasteiger partial charge in [0.05, 0.1) is 10.7 Å². The van der Waals surface area contributed by atoms with E-state index in [4.69, 9.17) is 11.6 Å². The number of rotatable bonds is 3. The fourth-order valence-electron chi connectivity index (χ4n) is 3.60. The second-order valence-corrected chi connectivity index (χ2v) is 9.44. The summed E-state index contributed by atoms with van der Waals surface area (Å²) in [6, 6.07) is 7.68. The largest absolute Gasteiger partial charge is 0.368 e. The van der Waals surface area contributed by atoms with Crippen molar-refractivity contribution in [3.8, 4) is 0 Å². The predicted octanol–water partition coefficient (Wildman–Crippen LogP) is 2.35. The molecule has 24 heavy (non-hydrogen) atoms. The Kier molecular flexibility index (Phi) is 4.80. The molecule has 1 amide bonds. The molecule has 0 atom stereocenters. The van der Waals surface area contributed by atoms with Crippen LogP contribution in [0.15, 0.2) is 24.3 Å². The van der Waals surface area contributed by atoms with E-state index in [2.05, 4.69) is 4.90 Å². The maximum Gasteiger partial charge on any atom is 0.244 e. The number of carbonyl (C=O) groups excluding carboxylic acids is 1. The lowest BCUT2D eigenvalue weighted by molar-refractivity contribution is -0.136. The molecule has 7 heteroatoms. The summed E-state index contributed by atoms with van der Waals surface area (Å²) in [7, 11) is -3.39. The van der Waals surface area contributed by atoms with E-state index >= 15 is 0 Å². The van der Waals surface area contributed by atoms with Crippen LogP contribution in [0.5, 0.6) is 0 Å². The van der Waals surface area contributed by atoms with Crippen LogP contribution in [0.25, 0.3) is 0 Å². The van der Waals surface area contributed by atoms with E-state index < -0.39 is 14.6 Å². The SMILES string of the molecule is CS(=O)(=O)C1(C(=O)N2CCCN(c3ccccc3Cl)CC2)CCC1. The van der Waals surface area contributed by atoms with Crippen molar-refractivity contribution in [1.82, 2.24) is 4.90 Å². The number of hydrogen-bond donors (Lipinski definition) is 0. The third-order valence-corrected chi connectivity index (χ3v) is 7.56. The molecule has 5 nitrogen and oxygen atoms in total. The van der Waals surface area contributed by atoms with Crippen molar-refractivity contribution in [2.24, 2.45) is 0 Å². The molecule has 2 fully saturated rings. The van der Waals surface area contributed by atoms with Gasteiger partial charge in [0, 0.05) is 32.4 Å². The highest BCUT2D eigenvalue weighted by Gasteiger charge is 2.54. The van der Waals surface area contributed by atoms with E-state index in [1.807, 2.05) is 24.3 Å². The topological polar surface area (TPSA) is 57.7 Å². The summed E-state index contributed by atoms with van der Waals surface area (Å²) < 4.78 is 23.1. The van der Waals surface area contributed by atoms with Crippen LogP contribution >= 0.6 is 11.6 Å². The number of para-hydroxylation sites is 1. The zero-order chi connectivity index (χ0) is 17.4. The smallest absolute Gasteiger partial charge is 0.244 e. The number of benzene rings is 1. The minimum Gasteiger partial charge on any atom is -0.368 e. The van der Waals surface area contributed by atoms with Gasteiger partial charge in [-0.05, 0) is 37.8 Å². The summed E-state index contributed by atoms with van der Waals surface area (Å²) in [5, 5.41) is 0.698. The van der Waals surface area contributed by atoms with E-state index in [1.54, 1.807) is 4.90 Å². The standard InChI is InChI=1S/C17H23ClN2O3S/c1-24(22,23)17(8-4-9-17)16(21)20-11-5-10-19(12-13-20)15-7-3-2-6-14(15)18/h2-3,6-7H,4-5,8-13H2,1H3. The lowest BCUT2D eigenvalue weighted by Crippen LogP contribution is -2.58. The van der Waals surface area contributed by atoms with E-state index in [1.165, 1.54) is 6.26 Å². The van der Waals surface area contributed by atoms with Gasteiger partial charge in [-0.1, -0.05) is 23.7 Å². The van der Waals surface area contributed by atoms with Crippen LogP contribution in [0.2, 0.25) is 5.02 Å². The van der Waals surface area contributed by atoms with Crippen molar-refractivity contribution in [1.29, 1.82) is 0 Å². The molecule has 1 saturated carbocycles. The molecule has 0 spiro atoms. The fraction of sp³-hybridized carbons (Fsp3) is 0.588. The number of halogens is 1. The first-order valence-electron chi connectivity index (χ1n) is 8.34. The zero-order valence-electron chi connectivity index (χ0n) is 13.9. The van der Waals surface area contributed by atoms with Crippen LogP contribution in [0.4, 0.5) is 5.69 Å². The second kappa shape index (κ2) is 6.56. The molecule has 0 bridgehead atoms. The number of hydrogen-bond acceptors (Lipinski definition) is 4. The summed E-state index contributed by atoms with van der Waals surface area (Å²) in [5.74, 6) is -0.211. The van der Waals surface area contributed by atoms with E-state index in [9.17, 15) is 13.2 Å². The number of nitrogens with zero attached hydrogens (tertiary/aromatic N) is 2. The molecular weight excluding hydrogens is 348 g/mol. The van der Waals surface area contributed by atoms with Gasteiger partial charge in [0.2, 0.25) is 5.91 Å². The van der Waals surface area contributed by atoms with E-state index in [-0.39, 0.29) is 5.91 Å². The van der Waals surface area contributed by atoms with Crippen LogP contribution in [0, 0.1) is 0 Å². The molecule has 1 aromatic carbocycles. The van der Waals surface area contributed by atoms with Gasteiger partial charge in [-0.25, -0.2) is 8.42 Å². The highest BCUT2D eigenvalue weighted by Crippen LogP contribution is 2.40. The Morgan fingerprint density at radius 1 is 1.08 bits per heavy atom. The number of sulfone groups is 1. The van der Waals surface area contributed by atoms with Crippen molar-refractivity contribution < 1.29 is 13.2 Å². The number of carbonyl (C=O) groups is 1. The molecule has 0 aromatic heterocycles. The molecule has 1 aliphatic carbocycles. The molecular formula is C17H23ClN2O3S. The predicted molar refractivity (Wildman–Crippen MR) is 96.3 cm³/mol. The Morgan fingerprint density at radius 2 is 1.79 bits per heavy atom. The number of amides is 1. The average Bonchev–Trinajstić information content (AvgIpc) is 2.70. The minimum absolute atomic E-state index is 0.211. The molecule has 1 heterocycles. The van der Waals surface area contributed by atoms with Crippen LogP contribution < -0.4 is 4.90 Å². The second-order valence-electron chi connectivity index (χ2n) is 6.70. The molecule has 3 rings (SSSR count). The first kappa shape index (κ1) is 17.5. The highest BCUT2D eigenvalue weighted by molar-refractivity contribution is 7.93.